The average Bonchev–Trinajstić information content (AvgIpc) is 3.05. The Morgan fingerprint density at radius 3 is 2.38 bits per heavy atom. The van der Waals surface area contributed by atoms with Crippen molar-refractivity contribution in [1.82, 2.24) is 9.62 Å². The number of carbonyl (C=O) groups excluding carboxylic acids is 2. The smallest absolute Gasteiger partial charge is 0.251 e. The van der Waals surface area contributed by atoms with Crippen molar-refractivity contribution in [2.24, 2.45) is 0 Å². The second-order valence-corrected chi connectivity index (χ2v) is 10.1. The number of aryl methyl sites for hydroxylation is 2. The Hall–Kier alpha value is -2.71. The van der Waals surface area contributed by atoms with Crippen LogP contribution in [0.2, 0.25) is 0 Å². The van der Waals surface area contributed by atoms with Crippen LogP contribution in [0.1, 0.15) is 53.6 Å². The molecule has 0 radical (unpaired) electrons. The lowest BCUT2D eigenvalue weighted by atomic mass is 10.1. The van der Waals surface area contributed by atoms with Crippen molar-refractivity contribution in [1.29, 1.82) is 0 Å². The van der Waals surface area contributed by atoms with Gasteiger partial charge in [-0.3, -0.25) is 9.59 Å². The summed E-state index contributed by atoms with van der Waals surface area (Å²) in [4.78, 5) is 24.8. The third-order valence-corrected chi connectivity index (χ3v) is 7.61. The normalized spacial score (nSPS) is 15.1. The van der Waals surface area contributed by atoms with E-state index in [4.69, 9.17) is 0 Å². The highest BCUT2D eigenvalue weighted by Gasteiger charge is 2.27. The van der Waals surface area contributed by atoms with Gasteiger partial charge in [0.05, 0.1) is 4.90 Å². The zero-order chi connectivity index (χ0) is 23.1. The summed E-state index contributed by atoms with van der Waals surface area (Å²) in [6.07, 6.45) is 3.90. The molecule has 0 aromatic heterocycles. The number of nitrogens with zero attached hydrogens (tertiary/aromatic N) is 1. The second kappa shape index (κ2) is 10.7. The van der Waals surface area contributed by atoms with E-state index >= 15 is 0 Å². The molecule has 8 heteroatoms. The first-order valence-electron chi connectivity index (χ1n) is 11.0. The quantitative estimate of drug-likeness (QED) is 0.664. The molecule has 2 amide bonds. The van der Waals surface area contributed by atoms with Gasteiger partial charge in [0.1, 0.15) is 0 Å². The number of nitrogens with one attached hydrogen (secondary N) is 2. The van der Waals surface area contributed by atoms with Gasteiger partial charge in [0.25, 0.3) is 5.91 Å². The SMILES string of the molecule is Cc1cccc(C(=O)NCCC(=O)Nc2ccc(C)c(S(=O)(=O)N3CCCCCC3)c2)c1. The first-order chi connectivity index (χ1) is 15.3. The van der Waals surface area contributed by atoms with E-state index < -0.39 is 10.0 Å². The minimum atomic E-state index is -3.61. The Bertz CT molecular complexity index is 1070. The molecule has 0 saturated carbocycles. The third-order valence-electron chi connectivity index (χ3n) is 5.57. The van der Waals surface area contributed by atoms with Crippen LogP contribution in [0.3, 0.4) is 0 Å². The molecular weight excluding hydrogens is 426 g/mol. The molecule has 32 heavy (non-hydrogen) atoms. The number of sulfonamides is 1. The van der Waals surface area contributed by atoms with Crippen molar-refractivity contribution < 1.29 is 18.0 Å². The van der Waals surface area contributed by atoms with E-state index in [0.29, 0.717) is 29.9 Å². The Balaban J connectivity index is 1.60. The molecule has 0 bridgehead atoms. The highest BCUT2D eigenvalue weighted by molar-refractivity contribution is 7.89. The van der Waals surface area contributed by atoms with Crippen LogP contribution in [0.5, 0.6) is 0 Å². The predicted octanol–water partition coefficient (Wildman–Crippen LogP) is 3.63. The van der Waals surface area contributed by atoms with Crippen molar-refractivity contribution in [3.63, 3.8) is 0 Å². The summed E-state index contributed by atoms with van der Waals surface area (Å²) < 4.78 is 27.9. The number of hydrogen-bond acceptors (Lipinski definition) is 4. The fraction of sp³-hybridized carbons (Fsp3) is 0.417. The highest BCUT2D eigenvalue weighted by Crippen LogP contribution is 2.26. The summed E-state index contributed by atoms with van der Waals surface area (Å²) in [6.45, 7) is 4.91. The van der Waals surface area contributed by atoms with Crippen molar-refractivity contribution in [2.75, 3.05) is 25.0 Å². The van der Waals surface area contributed by atoms with Crippen LogP contribution in [0, 0.1) is 13.8 Å². The van der Waals surface area contributed by atoms with Gasteiger partial charge >= 0.3 is 0 Å². The van der Waals surface area contributed by atoms with E-state index in [0.717, 1.165) is 31.2 Å². The number of amides is 2. The molecule has 2 aromatic rings. The minimum absolute atomic E-state index is 0.0830. The first-order valence-corrected chi connectivity index (χ1v) is 12.5. The average molecular weight is 458 g/mol. The Labute approximate surface area is 190 Å². The molecule has 172 valence electrons. The molecule has 0 aliphatic carbocycles. The zero-order valence-corrected chi connectivity index (χ0v) is 19.5. The molecule has 1 heterocycles. The maximum absolute atomic E-state index is 13.2. The van der Waals surface area contributed by atoms with Crippen LogP contribution in [-0.2, 0) is 14.8 Å². The molecule has 1 saturated heterocycles. The number of hydrogen-bond donors (Lipinski definition) is 2. The van der Waals surface area contributed by atoms with Crippen LogP contribution >= 0.6 is 0 Å². The Kier molecular flexibility index (Phi) is 8.04. The highest BCUT2D eigenvalue weighted by atomic mass is 32.2. The zero-order valence-electron chi connectivity index (χ0n) is 18.7. The second-order valence-electron chi connectivity index (χ2n) is 8.22. The van der Waals surface area contributed by atoms with Gasteiger partial charge in [-0.2, -0.15) is 4.31 Å². The molecule has 1 fully saturated rings. The summed E-state index contributed by atoms with van der Waals surface area (Å²) >= 11 is 0. The van der Waals surface area contributed by atoms with Crippen molar-refractivity contribution >= 4 is 27.5 Å². The number of carbonyl (C=O) groups is 2. The van der Waals surface area contributed by atoms with Gasteiger partial charge in [-0.1, -0.05) is 36.6 Å². The first kappa shape index (κ1) is 23.9. The van der Waals surface area contributed by atoms with E-state index in [1.807, 2.05) is 19.1 Å². The maximum Gasteiger partial charge on any atom is 0.251 e. The largest absolute Gasteiger partial charge is 0.352 e. The van der Waals surface area contributed by atoms with E-state index in [1.54, 1.807) is 35.5 Å². The Morgan fingerprint density at radius 2 is 1.69 bits per heavy atom. The monoisotopic (exact) mass is 457 g/mol. The maximum atomic E-state index is 13.2. The van der Waals surface area contributed by atoms with Gasteiger partial charge in [0.2, 0.25) is 15.9 Å². The standard InChI is InChI=1S/C24H31N3O4S/c1-18-8-7-9-20(16-18)24(29)25-13-12-23(28)26-21-11-10-19(2)22(17-21)32(30,31)27-14-5-3-4-6-15-27/h7-11,16-17H,3-6,12-15H2,1-2H3,(H,25,29)(H,26,28). The van der Waals surface area contributed by atoms with Gasteiger partial charge < -0.3 is 10.6 Å². The van der Waals surface area contributed by atoms with Crippen LogP contribution in [-0.4, -0.2) is 44.2 Å². The topological polar surface area (TPSA) is 95.6 Å². The molecule has 2 N–H and O–H groups in total. The fourth-order valence-corrected chi connectivity index (χ4v) is 5.55. The summed E-state index contributed by atoms with van der Waals surface area (Å²) in [5, 5.41) is 5.48. The molecule has 0 spiro atoms. The van der Waals surface area contributed by atoms with Crippen LogP contribution in [0.4, 0.5) is 5.69 Å². The third kappa shape index (κ3) is 6.17. The van der Waals surface area contributed by atoms with E-state index in [2.05, 4.69) is 10.6 Å². The molecule has 1 aliphatic rings. The van der Waals surface area contributed by atoms with Gasteiger partial charge in [0, 0.05) is 37.3 Å². The van der Waals surface area contributed by atoms with E-state index in [-0.39, 0.29) is 29.7 Å². The van der Waals surface area contributed by atoms with E-state index in [9.17, 15) is 18.0 Å². The number of rotatable bonds is 7. The van der Waals surface area contributed by atoms with Crippen LogP contribution in [0.15, 0.2) is 47.4 Å². The number of anilines is 1. The van der Waals surface area contributed by atoms with Gasteiger partial charge in [-0.15, -0.1) is 0 Å². The molecule has 2 aromatic carbocycles. The van der Waals surface area contributed by atoms with Crippen molar-refractivity contribution in [3.05, 3.63) is 59.2 Å². The van der Waals surface area contributed by atoms with Crippen molar-refractivity contribution in [2.45, 2.75) is 50.8 Å². The summed E-state index contributed by atoms with van der Waals surface area (Å²) in [5.41, 5.74) is 2.62. The molecule has 3 rings (SSSR count). The van der Waals surface area contributed by atoms with E-state index in [1.165, 1.54) is 6.07 Å². The van der Waals surface area contributed by atoms with Crippen molar-refractivity contribution in [3.8, 4) is 0 Å². The molecule has 7 nitrogen and oxygen atoms in total. The summed E-state index contributed by atoms with van der Waals surface area (Å²) in [7, 11) is -3.61. The molecule has 1 aliphatic heterocycles. The molecule has 0 unspecified atom stereocenters. The fourth-order valence-electron chi connectivity index (χ4n) is 3.78. The lowest BCUT2D eigenvalue weighted by Gasteiger charge is -2.21. The lowest BCUT2D eigenvalue weighted by molar-refractivity contribution is -0.116. The van der Waals surface area contributed by atoms with Gasteiger partial charge in [0.15, 0.2) is 0 Å². The minimum Gasteiger partial charge on any atom is -0.352 e. The Morgan fingerprint density at radius 1 is 0.969 bits per heavy atom. The van der Waals surface area contributed by atoms with Gasteiger partial charge in [-0.05, 0) is 56.5 Å². The van der Waals surface area contributed by atoms with Gasteiger partial charge in [-0.25, -0.2) is 8.42 Å². The summed E-state index contributed by atoms with van der Waals surface area (Å²) in [5.74, 6) is -0.529. The predicted molar refractivity (Wildman–Crippen MR) is 125 cm³/mol. The molecular formula is C24H31N3O4S. The summed E-state index contributed by atoms with van der Waals surface area (Å²) in [6, 6.07) is 12.2. The van der Waals surface area contributed by atoms with Crippen LogP contribution in [0.25, 0.3) is 0 Å². The lowest BCUT2D eigenvalue weighted by Crippen LogP contribution is -2.32. The van der Waals surface area contributed by atoms with Crippen LogP contribution < -0.4 is 10.6 Å². The molecule has 0 atom stereocenters. The number of benzene rings is 2.